The number of aromatic nitrogens is 2. The van der Waals surface area contributed by atoms with Crippen molar-refractivity contribution in [3.05, 3.63) is 94.5 Å². The van der Waals surface area contributed by atoms with Gasteiger partial charge in [0.05, 0.1) is 12.2 Å². The third-order valence-corrected chi connectivity index (χ3v) is 3.62. The average molecular weight is 483 g/mol. The summed E-state index contributed by atoms with van der Waals surface area (Å²) < 4.78 is 1.35. The van der Waals surface area contributed by atoms with Gasteiger partial charge in [-0.05, 0) is 23.8 Å². The molecule has 0 saturated carbocycles. The minimum Gasteiger partial charge on any atom is -0.678 e. The SMILES string of the molecule is C=C(O)c1ccc(-c2ccc(=O)n(Cc3cccc(O)c3)n2)cc1.CC.CC[NH-].[Y]. The van der Waals surface area contributed by atoms with Gasteiger partial charge in [-0.3, -0.25) is 4.79 Å². The van der Waals surface area contributed by atoms with Gasteiger partial charge in [0.1, 0.15) is 11.5 Å². The molecule has 0 saturated heterocycles. The Hall–Kier alpha value is -2.28. The first-order chi connectivity index (χ1) is 13.9. The van der Waals surface area contributed by atoms with E-state index in [1.165, 1.54) is 10.7 Å². The Morgan fingerprint density at radius 3 is 2.23 bits per heavy atom. The second-order valence-electron chi connectivity index (χ2n) is 5.76. The van der Waals surface area contributed by atoms with Gasteiger partial charge in [-0.1, -0.05) is 63.7 Å². The van der Waals surface area contributed by atoms with Gasteiger partial charge in [0.15, 0.2) is 0 Å². The summed E-state index contributed by atoms with van der Waals surface area (Å²) >= 11 is 0. The zero-order chi connectivity index (χ0) is 21.8. The van der Waals surface area contributed by atoms with E-state index >= 15 is 0 Å². The van der Waals surface area contributed by atoms with Gasteiger partial charge in [0, 0.05) is 49.9 Å². The molecule has 0 bridgehead atoms. The minimum atomic E-state index is -0.220. The fourth-order valence-corrected chi connectivity index (χ4v) is 2.38. The number of hydrogen-bond acceptors (Lipinski definition) is 4. The molecule has 0 aliphatic carbocycles. The fourth-order valence-electron chi connectivity index (χ4n) is 2.38. The maximum Gasteiger partial charge on any atom is 0.267 e. The summed E-state index contributed by atoms with van der Waals surface area (Å²) in [6.45, 7) is 10.0. The Morgan fingerprint density at radius 2 is 1.70 bits per heavy atom. The van der Waals surface area contributed by atoms with Crippen LogP contribution in [0.3, 0.4) is 0 Å². The summed E-state index contributed by atoms with van der Waals surface area (Å²) in [6.07, 6.45) is 0. The van der Waals surface area contributed by atoms with Crippen LogP contribution in [0.25, 0.3) is 22.8 Å². The first kappa shape index (κ1) is 27.7. The van der Waals surface area contributed by atoms with E-state index < -0.39 is 0 Å². The minimum absolute atomic E-state index is 0. The molecule has 30 heavy (non-hydrogen) atoms. The number of phenolic OH excluding ortho intramolecular Hbond substituents is 1. The number of nitrogens with zero attached hydrogens (tertiary/aromatic N) is 2. The number of phenols is 1. The van der Waals surface area contributed by atoms with E-state index in [4.69, 9.17) is 5.73 Å². The molecule has 0 fully saturated rings. The van der Waals surface area contributed by atoms with E-state index in [2.05, 4.69) is 11.7 Å². The summed E-state index contributed by atoms with van der Waals surface area (Å²) in [7, 11) is 0. The third-order valence-electron chi connectivity index (χ3n) is 3.62. The number of benzene rings is 2. The maximum absolute atomic E-state index is 12.0. The number of hydrogen-bond donors (Lipinski definition) is 2. The van der Waals surface area contributed by atoms with E-state index in [0.717, 1.165) is 11.1 Å². The van der Waals surface area contributed by atoms with Crippen LogP contribution in [0.1, 0.15) is 31.9 Å². The van der Waals surface area contributed by atoms with Crippen LogP contribution in [-0.2, 0) is 39.3 Å². The topological polar surface area (TPSA) is 99.1 Å². The molecule has 1 aromatic heterocycles. The summed E-state index contributed by atoms with van der Waals surface area (Å²) in [4.78, 5) is 12.0. The quantitative estimate of drug-likeness (QED) is 0.494. The molecule has 0 spiro atoms. The molecule has 7 heteroatoms. The predicted octanol–water partition coefficient (Wildman–Crippen LogP) is 5.28. The molecule has 1 heterocycles. The molecule has 1 radical (unpaired) electrons. The molecule has 3 N–H and O–H groups in total. The van der Waals surface area contributed by atoms with Gasteiger partial charge < -0.3 is 15.9 Å². The molecule has 2 aromatic carbocycles. The molecule has 0 aliphatic rings. The second-order valence-corrected chi connectivity index (χ2v) is 5.76. The zero-order valence-corrected chi connectivity index (χ0v) is 20.5. The zero-order valence-electron chi connectivity index (χ0n) is 17.7. The van der Waals surface area contributed by atoms with E-state index in [9.17, 15) is 15.0 Å². The van der Waals surface area contributed by atoms with Gasteiger partial charge in [-0.2, -0.15) is 11.6 Å². The van der Waals surface area contributed by atoms with Crippen molar-refractivity contribution in [2.24, 2.45) is 0 Å². The van der Waals surface area contributed by atoms with Crippen molar-refractivity contribution in [2.45, 2.75) is 27.3 Å². The van der Waals surface area contributed by atoms with Crippen LogP contribution in [0, 0.1) is 0 Å². The molecule has 3 rings (SSSR count). The van der Waals surface area contributed by atoms with Crippen LogP contribution in [0.15, 0.2) is 72.0 Å². The molecular formula is C23H28N3O3Y-. The van der Waals surface area contributed by atoms with Crippen LogP contribution in [-0.4, -0.2) is 26.5 Å². The molecule has 3 aromatic rings. The summed E-state index contributed by atoms with van der Waals surface area (Å²) in [6, 6.07) is 16.9. The van der Waals surface area contributed by atoms with Crippen LogP contribution >= 0.6 is 0 Å². The van der Waals surface area contributed by atoms with Gasteiger partial charge in [0.2, 0.25) is 0 Å². The average Bonchev–Trinajstić information content (AvgIpc) is 2.72. The largest absolute Gasteiger partial charge is 0.678 e. The van der Waals surface area contributed by atoms with Gasteiger partial charge in [-0.25, -0.2) is 4.68 Å². The van der Waals surface area contributed by atoms with E-state index in [-0.39, 0.29) is 56.3 Å². The first-order valence-electron chi connectivity index (χ1n) is 9.44. The smallest absolute Gasteiger partial charge is 0.267 e. The Balaban J connectivity index is 0.00000129. The Morgan fingerprint density at radius 1 is 1.10 bits per heavy atom. The normalized spacial score (nSPS) is 9.20. The van der Waals surface area contributed by atoms with Crippen molar-refractivity contribution in [1.29, 1.82) is 0 Å². The van der Waals surface area contributed by atoms with Gasteiger partial charge >= 0.3 is 0 Å². The Bertz CT molecular complexity index is 970. The van der Waals surface area contributed by atoms with Crippen LogP contribution in [0.5, 0.6) is 5.75 Å². The molecule has 157 valence electrons. The van der Waals surface area contributed by atoms with Crippen molar-refractivity contribution < 1.29 is 42.9 Å². The first-order valence-corrected chi connectivity index (χ1v) is 9.44. The molecule has 0 unspecified atom stereocenters. The Kier molecular flexibility index (Phi) is 13.6. The van der Waals surface area contributed by atoms with Crippen molar-refractivity contribution in [3.63, 3.8) is 0 Å². The number of aliphatic hydroxyl groups excluding tert-OH is 1. The number of aliphatic hydroxyl groups is 1. The third kappa shape index (κ3) is 8.61. The van der Waals surface area contributed by atoms with Gasteiger partial charge in [-0.15, -0.1) is 0 Å². The predicted molar refractivity (Wildman–Crippen MR) is 119 cm³/mol. The molecule has 6 nitrogen and oxygen atoms in total. The van der Waals surface area contributed by atoms with E-state index in [1.807, 2.05) is 32.0 Å². The summed E-state index contributed by atoms with van der Waals surface area (Å²) in [5, 5.41) is 23.3. The standard InChI is InChI=1S/C19H16N2O3.C2H6N.C2H6.Y/c1-13(22)15-5-7-16(8-6-15)18-9-10-19(24)21(20-18)12-14-3-2-4-17(23)11-14;1-2-3;1-2;/h2-11,22-23H,1,12H2;3H,2H2,1H3;1-2H3;/q;-1;;. The molecule has 0 amide bonds. The van der Waals surface area contributed by atoms with Crippen molar-refractivity contribution in [3.8, 4) is 17.0 Å². The monoisotopic (exact) mass is 483 g/mol. The maximum atomic E-state index is 12.0. The van der Waals surface area contributed by atoms with Crippen molar-refractivity contribution >= 4 is 5.76 Å². The number of nitrogens with one attached hydrogen (secondary N) is 1. The van der Waals surface area contributed by atoms with Crippen LogP contribution in [0.2, 0.25) is 0 Å². The van der Waals surface area contributed by atoms with E-state index in [0.29, 0.717) is 17.8 Å². The summed E-state index contributed by atoms with van der Waals surface area (Å²) in [5.41, 5.74) is 8.87. The van der Waals surface area contributed by atoms with Crippen LogP contribution in [0.4, 0.5) is 0 Å². The molecule has 0 atom stereocenters. The van der Waals surface area contributed by atoms with Crippen molar-refractivity contribution in [1.82, 2.24) is 9.78 Å². The van der Waals surface area contributed by atoms with Crippen LogP contribution < -0.4 is 5.56 Å². The van der Waals surface area contributed by atoms with E-state index in [1.54, 1.807) is 43.3 Å². The second kappa shape index (κ2) is 14.7. The fraction of sp³-hybridized carbons (Fsp3) is 0.217. The Labute approximate surface area is 203 Å². The van der Waals surface area contributed by atoms with Gasteiger partial charge in [0.25, 0.3) is 5.56 Å². The molecular weight excluding hydrogens is 455 g/mol. The van der Waals surface area contributed by atoms with Crippen molar-refractivity contribution in [2.75, 3.05) is 6.54 Å². The number of aromatic hydroxyl groups is 1. The molecule has 0 aliphatic heterocycles. The summed E-state index contributed by atoms with van der Waals surface area (Å²) in [5.74, 6) is 0.153. The number of rotatable bonds is 4.